The number of rotatable bonds is 2. The summed E-state index contributed by atoms with van der Waals surface area (Å²) in [4.78, 5) is 13.0. The second-order valence-corrected chi connectivity index (χ2v) is 3.91. The van der Waals surface area contributed by atoms with E-state index in [9.17, 15) is 32.1 Å². The number of benzene rings is 1. The topological polar surface area (TPSA) is 79.8 Å². The van der Waals surface area contributed by atoms with Gasteiger partial charge >= 0.3 is 5.69 Å². The quantitative estimate of drug-likeness (QED) is 0.280. The molecule has 1 aromatic heterocycles. The minimum atomic E-state index is -2.35. The third-order valence-corrected chi connectivity index (χ3v) is 2.67. The van der Waals surface area contributed by atoms with E-state index in [0.29, 0.717) is 12.3 Å². The summed E-state index contributed by atoms with van der Waals surface area (Å²) in [6, 6.07) is 1.87. The van der Waals surface area contributed by atoms with Crippen LogP contribution in [-0.4, -0.2) is 9.91 Å². The van der Waals surface area contributed by atoms with Crippen molar-refractivity contribution in [3.05, 3.63) is 57.2 Å². The Balaban J connectivity index is 2.82. The molecule has 112 valence electrons. The van der Waals surface area contributed by atoms with Crippen LogP contribution in [0.2, 0.25) is 0 Å². The molecule has 10 heteroatoms. The Morgan fingerprint density at radius 1 is 1.05 bits per heavy atom. The van der Waals surface area contributed by atoms with Crippen LogP contribution in [0.25, 0.3) is 11.1 Å². The van der Waals surface area contributed by atoms with Gasteiger partial charge in [-0.25, -0.2) is 26.9 Å². The molecule has 5 nitrogen and oxygen atoms in total. The van der Waals surface area contributed by atoms with E-state index in [1.54, 1.807) is 0 Å². The van der Waals surface area contributed by atoms with Gasteiger partial charge in [-0.15, -0.1) is 0 Å². The first kappa shape index (κ1) is 15.3. The number of nitriles is 1. The molecule has 22 heavy (non-hydrogen) atoms. The Kier molecular flexibility index (Phi) is 3.73. The summed E-state index contributed by atoms with van der Waals surface area (Å²) in [5.41, 5.74) is -3.68. The zero-order valence-corrected chi connectivity index (χ0v) is 10.2. The van der Waals surface area contributed by atoms with E-state index in [4.69, 9.17) is 5.26 Å². The van der Waals surface area contributed by atoms with Gasteiger partial charge in [-0.05, 0) is 0 Å². The predicted molar refractivity (Wildman–Crippen MR) is 60.8 cm³/mol. The number of halogens is 5. The van der Waals surface area contributed by atoms with Crippen molar-refractivity contribution in [1.82, 2.24) is 4.98 Å². The number of hydrogen-bond acceptors (Lipinski definition) is 4. The molecule has 0 fully saturated rings. The van der Waals surface area contributed by atoms with E-state index in [1.165, 1.54) is 6.07 Å². The lowest BCUT2D eigenvalue weighted by Crippen LogP contribution is -2.05. The average molecular weight is 315 g/mol. The number of pyridine rings is 1. The first-order valence-electron chi connectivity index (χ1n) is 5.36. The van der Waals surface area contributed by atoms with Crippen LogP contribution in [0.1, 0.15) is 5.69 Å². The predicted octanol–water partition coefficient (Wildman–Crippen LogP) is 3.22. The molecule has 2 rings (SSSR count). The summed E-state index contributed by atoms with van der Waals surface area (Å²) in [5.74, 6) is -11.0. The second kappa shape index (κ2) is 5.36. The number of nitrogens with zero attached hydrogens (tertiary/aromatic N) is 3. The third kappa shape index (κ3) is 2.22. The fourth-order valence-electron chi connectivity index (χ4n) is 1.67. The van der Waals surface area contributed by atoms with Crippen molar-refractivity contribution in [3.63, 3.8) is 0 Å². The van der Waals surface area contributed by atoms with Crippen molar-refractivity contribution >= 4 is 5.69 Å². The van der Waals surface area contributed by atoms with Crippen molar-refractivity contribution < 1.29 is 26.9 Å². The van der Waals surface area contributed by atoms with E-state index in [-0.39, 0.29) is 0 Å². The molecule has 0 aliphatic rings. The van der Waals surface area contributed by atoms with Gasteiger partial charge in [-0.3, -0.25) is 10.1 Å². The lowest BCUT2D eigenvalue weighted by molar-refractivity contribution is -0.385. The maximum absolute atomic E-state index is 13.6. The van der Waals surface area contributed by atoms with Crippen LogP contribution in [0.4, 0.5) is 27.6 Å². The highest BCUT2D eigenvalue weighted by atomic mass is 19.2. The summed E-state index contributed by atoms with van der Waals surface area (Å²) in [6.45, 7) is 0. The van der Waals surface area contributed by atoms with Gasteiger partial charge in [0.2, 0.25) is 11.5 Å². The Morgan fingerprint density at radius 3 is 2.00 bits per heavy atom. The number of hydrogen-bond donors (Lipinski definition) is 0. The van der Waals surface area contributed by atoms with Crippen LogP contribution in [0, 0.1) is 50.5 Å². The Hall–Kier alpha value is -3.09. The van der Waals surface area contributed by atoms with Gasteiger partial charge in [-0.1, -0.05) is 0 Å². The molecule has 0 radical (unpaired) electrons. The standard InChI is InChI=1S/C12H2F5N3O2/c13-8-7(9(14)11(16)12(17)10(8)15)4-1-6(20(21)22)5(2-18)19-3-4/h1,3H. The second-order valence-electron chi connectivity index (χ2n) is 3.91. The SMILES string of the molecule is N#Cc1ncc(-c2c(F)c(F)c(F)c(F)c2F)cc1[N+](=O)[O-]. The molecule has 0 N–H and O–H groups in total. The van der Waals surface area contributed by atoms with Gasteiger partial charge in [-0.2, -0.15) is 5.26 Å². The molecule has 1 aromatic carbocycles. The van der Waals surface area contributed by atoms with E-state index < -0.39 is 56.5 Å². The molecular weight excluding hydrogens is 313 g/mol. The zero-order valence-electron chi connectivity index (χ0n) is 10.2. The summed E-state index contributed by atoms with van der Waals surface area (Å²) in [5, 5.41) is 19.4. The van der Waals surface area contributed by atoms with Gasteiger partial charge in [0, 0.05) is 17.8 Å². The van der Waals surface area contributed by atoms with E-state index >= 15 is 0 Å². The lowest BCUT2D eigenvalue weighted by atomic mass is 10.0. The van der Waals surface area contributed by atoms with E-state index in [0.717, 1.165) is 0 Å². The van der Waals surface area contributed by atoms with Crippen molar-refractivity contribution in [3.8, 4) is 17.2 Å². The van der Waals surface area contributed by atoms with Crippen molar-refractivity contribution in [1.29, 1.82) is 5.26 Å². The Morgan fingerprint density at radius 2 is 1.55 bits per heavy atom. The van der Waals surface area contributed by atoms with Crippen LogP contribution in [0.3, 0.4) is 0 Å². The largest absolute Gasteiger partial charge is 0.306 e. The fourth-order valence-corrected chi connectivity index (χ4v) is 1.67. The highest BCUT2D eigenvalue weighted by molar-refractivity contribution is 5.68. The molecule has 0 bridgehead atoms. The summed E-state index contributed by atoms with van der Waals surface area (Å²) < 4.78 is 66.4. The maximum atomic E-state index is 13.6. The molecule has 2 aromatic rings. The molecule has 0 aliphatic heterocycles. The molecule has 1 heterocycles. The third-order valence-electron chi connectivity index (χ3n) is 2.67. The summed E-state index contributed by atoms with van der Waals surface area (Å²) in [6.07, 6.45) is 0.601. The summed E-state index contributed by atoms with van der Waals surface area (Å²) in [7, 11) is 0. The van der Waals surface area contributed by atoms with Crippen LogP contribution in [-0.2, 0) is 0 Å². The average Bonchev–Trinajstić information content (AvgIpc) is 2.51. The Labute approximate surface area is 118 Å². The first-order chi connectivity index (χ1) is 10.3. The zero-order chi connectivity index (χ0) is 16.6. The monoisotopic (exact) mass is 315 g/mol. The molecular formula is C12H2F5N3O2. The highest BCUT2D eigenvalue weighted by Crippen LogP contribution is 2.33. The minimum absolute atomic E-state index is 0.504. The van der Waals surface area contributed by atoms with Gasteiger partial charge < -0.3 is 0 Å². The van der Waals surface area contributed by atoms with Gasteiger partial charge in [0.05, 0.1) is 10.5 Å². The first-order valence-corrected chi connectivity index (χ1v) is 5.36. The van der Waals surface area contributed by atoms with Crippen LogP contribution < -0.4 is 0 Å². The molecule has 0 atom stereocenters. The number of aromatic nitrogens is 1. The van der Waals surface area contributed by atoms with Crippen molar-refractivity contribution in [2.24, 2.45) is 0 Å². The van der Waals surface area contributed by atoms with Crippen LogP contribution in [0.15, 0.2) is 12.3 Å². The van der Waals surface area contributed by atoms with Gasteiger partial charge in [0.1, 0.15) is 6.07 Å². The van der Waals surface area contributed by atoms with Gasteiger partial charge in [0.15, 0.2) is 23.3 Å². The fraction of sp³-hybridized carbons (Fsp3) is 0. The van der Waals surface area contributed by atoms with E-state index in [1.807, 2.05) is 0 Å². The Bertz CT molecular complexity index is 819. The van der Waals surface area contributed by atoms with Crippen molar-refractivity contribution in [2.75, 3.05) is 0 Å². The van der Waals surface area contributed by atoms with Crippen LogP contribution >= 0.6 is 0 Å². The molecule has 0 saturated carbocycles. The smallest absolute Gasteiger partial charge is 0.258 e. The minimum Gasteiger partial charge on any atom is -0.258 e. The molecule has 0 unspecified atom stereocenters. The molecule has 0 aliphatic carbocycles. The number of nitro groups is 1. The molecule has 0 spiro atoms. The normalized spacial score (nSPS) is 10.4. The lowest BCUT2D eigenvalue weighted by Gasteiger charge is -2.08. The van der Waals surface area contributed by atoms with E-state index in [2.05, 4.69) is 4.98 Å². The van der Waals surface area contributed by atoms with Crippen LogP contribution in [0.5, 0.6) is 0 Å². The molecule has 0 amide bonds. The maximum Gasteiger partial charge on any atom is 0.306 e. The summed E-state index contributed by atoms with van der Waals surface area (Å²) >= 11 is 0. The van der Waals surface area contributed by atoms with Gasteiger partial charge in [0.25, 0.3) is 0 Å². The van der Waals surface area contributed by atoms with Crippen molar-refractivity contribution in [2.45, 2.75) is 0 Å². The molecule has 0 saturated heterocycles. The highest BCUT2D eigenvalue weighted by Gasteiger charge is 2.28.